The van der Waals surface area contributed by atoms with Gasteiger partial charge in [-0.25, -0.2) is 0 Å². The van der Waals surface area contributed by atoms with Crippen molar-refractivity contribution in [3.8, 4) is 0 Å². The van der Waals surface area contributed by atoms with Gasteiger partial charge < -0.3 is 0 Å². The van der Waals surface area contributed by atoms with Gasteiger partial charge in [0.2, 0.25) is 0 Å². The van der Waals surface area contributed by atoms with Gasteiger partial charge in [-0.1, -0.05) is 62.6 Å². The van der Waals surface area contributed by atoms with E-state index in [1.807, 2.05) is 23.5 Å². The van der Waals surface area contributed by atoms with Crippen molar-refractivity contribution in [1.82, 2.24) is 10.2 Å². The van der Waals surface area contributed by atoms with Crippen LogP contribution in [0.3, 0.4) is 0 Å². The second-order valence-electron chi connectivity index (χ2n) is 3.51. The molecule has 0 amide bonds. The lowest BCUT2D eigenvalue weighted by molar-refractivity contribution is 0.887. The van der Waals surface area contributed by atoms with E-state index in [0.29, 0.717) is 10.5 Å². The van der Waals surface area contributed by atoms with E-state index in [2.05, 4.69) is 37.9 Å². The Morgan fingerprint density at radius 3 is 1.73 bits per heavy atom. The summed E-state index contributed by atoms with van der Waals surface area (Å²) in [6.07, 6.45) is 2.36. The fourth-order valence-corrected chi connectivity index (χ4v) is 4.32. The standard InChI is InChI=1S/C10H18N2S3/c1-5-7(3)13-9-11-12-10(15-9)14-8(4)6-2/h7-8H,5-6H2,1-4H3. The van der Waals surface area contributed by atoms with Crippen molar-refractivity contribution < 1.29 is 0 Å². The molecule has 0 saturated carbocycles. The van der Waals surface area contributed by atoms with Crippen LogP contribution in [0.2, 0.25) is 0 Å². The monoisotopic (exact) mass is 262 g/mol. The Kier molecular flexibility index (Phi) is 6.00. The molecule has 0 aromatic carbocycles. The lowest BCUT2D eigenvalue weighted by atomic mass is 10.4. The number of hydrogen-bond acceptors (Lipinski definition) is 5. The lowest BCUT2D eigenvalue weighted by Crippen LogP contribution is -1.91. The molecule has 0 aliphatic rings. The smallest absolute Gasteiger partial charge is 0.131 e. The average Bonchev–Trinajstić information content (AvgIpc) is 2.65. The van der Waals surface area contributed by atoms with E-state index in [1.54, 1.807) is 11.3 Å². The molecule has 0 N–H and O–H groups in total. The first-order valence-electron chi connectivity index (χ1n) is 5.32. The zero-order chi connectivity index (χ0) is 11.3. The Bertz CT molecular complexity index is 261. The van der Waals surface area contributed by atoms with Crippen molar-refractivity contribution in [1.29, 1.82) is 0 Å². The maximum Gasteiger partial charge on any atom is 0.175 e. The minimum atomic E-state index is 0.638. The number of nitrogens with zero attached hydrogens (tertiary/aromatic N) is 2. The summed E-state index contributed by atoms with van der Waals surface area (Å²) >= 11 is 5.39. The molecule has 2 atom stereocenters. The van der Waals surface area contributed by atoms with Gasteiger partial charge in [0.15, 0.2) is 8.68 Å². The molecule has 0 spiro atoms. The SMILES string of the molecule is CCC(C)Sc1nnc(SC(C)CC)s1. The van der Waals surface area contributed by atoms with Crippen LogP contribution in [0.4, 0.5) is 0 Å². The normalized spacial score (nSPS) is 15.2. The molecule has 0 bridgehead atoms. The van der Waals surface area contributed by atoms with Crippen LogP contribution in [-0.4, -0.2) is 20.7 Å². The van der Waals surface area contributed by atoms with Gasteiger partial charge in [0.1, 0.15) is 0 Å². The predicted molar refractivity (Wildman–Crippen MR) is 71.1 cm³/mol. The molecule has 0 radical (unpaired) electrons. The van der Waals surface area contributed by atoms with E-state index < -0.39 is 0 Å². The molecule has 2 unspecified atom stereocenters. The molecule has 2 nitrogen and oxygen atoms in total. The maximum absolute atomic E-state index is 4.20. The van der Waals surface area contributed by atoms with E-state index >= 15 is 0 Å². The van der Waals surface area contributed by atoms with Gasteiger partial charge in [-0.15, -0.1) is 10.2 Å². The molecule has 5 heteroatoms. The van der Waals surface area contributed by atoms with Crippen LogP contribution in [0.25, 0.3) is 0 Å². The van der Waals surface area contributed by atoms with Crippen molar-refractivity contribution in [2.45, 2.75) is 59.7 Å². The van der Waals surface area contributed by atoms with E-state index in [-0.39, 0.29) is 0 Å². The number of rotatable bonds is 6. The Hall–Kier alpha value is 0.260. The summed E-state index contributed by atoms with van der Waals surface area (Å²) in [5, 5.41) is 9.68. The van der Waals surface area contributed by atoms with E-state index in [0.717, 1.165) is 8.68 Å². The van der Waals surface area contributed by atoms with Gasteiger partial charge in [-0.3, -0.25) is 0 Å². The van der Waals surface area contributed by atoms with Crippen molar-refractivity contribution in [2.24, 2.45) is 0 Å². The molecule has 86 valence electrons. The highest BCUT2D eigenvalue weighted by Crippen LogP contribution is 2.34. The van der Waals surface area contributed by atoms with Crippen molar-refractivity contribution in [2.75, 3.05) is 0 Å². The Balaban J connectivity index is 2.49. The van der Waals surface area contributed by atoms with E-state index in [4.69, 9.17) is 0 Å². The Morgan fingerprint density at radius 2 is 1.40 bits per heavy atom. The average molecular weight is 262 g/mol. The summed E-state index contributed by atoms with van der Waals surface area (Å²) in [6.45, 7) is 8.86. The quantitative estimate of drug-likeness (QED) is 0.713. The van der Waals surface area contributed by atoms with Crippen molar-refractivity contribution >= 4 is 34.9 Å². The first-order chi connectivity index (χ1) is 7.15. The highest BCUT2D eigenvalue weighted by Gasteiger charge is 2.10. The molecule has 0 fully saturated rings. The van der Waals surface area contributed by atoms with Gasteiger partial charge >= 0.3 is 0 Å². The molecule has 1 rings (SSSR count). The fourth-order valence-electron chi connectivity index (χ4n) is 0.803. The maximum atomic E-state index is 4.20. The molecular formula is C10H18N2S3. The summed E-state index contributed by atoms with van der Waals surface area (Å²) in [5.41, 5.74) is 0. The van der Waals surface area contributed by atoms with Crippen LogP contribution in [0, 0.1) is 0 Å². The van der Waals surface area contributed by atoms with Crippen LogP contribution < -0.4 is 0 Å². The Labute approximate surface area is 105 Å². The Morgan fingerprint density at radius 1 is 1.00 bits per heavy atom. The zero-order valence-corrected chi connectivity index (χ0v) is 12.1. The van der Waals surface area contributed by atoms with Gasteiger partial charge in [0.05, 0.1) is 0 Å². The van der Waals surface area contributed by atoms with Crippen molar-refractivity contribution in [3.05, 3.63) is 0 Å². The first-order valence-corrected chi connectivity index (χ1v) is 7.90. The molecule has 1 aromatic heterocycles. The van der Waals surface area contributed by atoms with E-state index in [1.165, 1.54) is 12.8 Å². The third-order valence-corrected chi connectivity index (χ3v) is 5.77. The van der Waals surface area contributed by atoms with Crippen molar-refractivity contribution in [3.63, 3.8) is 0 Å². The van der Waals surface area contributed by atoms with Crippen LogP contribution in [0.1, 0.15) is 40.5 Å². The second kappa shape index (κ2) is 6.76. The molecule has 1 heterocycles. The minimum absolute atomic E-state index is 0.638. The number of hydrogen-bond donors (Lipinski definition) is 0. The lowest BCUT2D eigenvalue weighted by Gasteiger charge is -2.03. The van der Waals surface area contributed by atoms with E-state index in [9.17, 15) is 0 Å². The molecule has 0 aliphatic carbocycles. The van der Waals surface area contributed by atoms with Crippen LogP contribution in [0.5, 0.6) is 0 Å². The molecule has 15 heavy (non-hydrogen) atoms. The summed E-state index contributed by atoms with van der Waals surface area (Å²) in [6, 6.07) is 0. The van der Waals surface area contributed by atoms with Gasteiger partial charge in [0.25, 0.3) is 0 Å². The summed E-state index contributed by atoms with van der Waals surface area (Å²) in [5.74, 6) is 0. The summed E-state index contributed by atoms with van der Waals surface area (Å²) in [4.78, 5) is 0. The van der Waals surface area contributed by atoms with Crippen LogP contribution in [-0.2, 0) is 0 Å². The summed E-state index contributed by atoms with van der Waals surface area (Å²) < 4.78 is 2.21. The molecule has 0 saturated heterocycles. The summed E-state index contributed by atoms with van der Waals surface area (Å²) in [7, 11) is 0. The molecular weight excluding hydrogens is 244 g/mol. The van der Waals surface area contributed by atoms with Gasteiger partial charge in [-0.05, 0) is 12.8 Å². The largest absolute Gasteiger partial charge is 0.175 e. The predicted octanol–water partition coefficient (Wildman–Crippen LogP) is 4.32. The van der Waals surface area contributed by atoms with Crippen LogP contribution in [0.15, 0.2) is 8.68 Å². The molecule has 1 aromatic rings. The number of thioether (sulfide) groups is 2. The highest BCUT2D eigenvalue weighted by atomic mass is 32.2. The van der Waals surface area contributed by atoms with Gasteiger partial charge in [0, 0.05) is 10.5 Å². The zero-order valence-electron chi connectivity index (χ0n) is 9.69. The fraction of sp³-hybridized carbons (Fsp3) is 0.800. The molecule has 0 aliphatic heterocycles. The third-order valence-electron chi connectivity index (χ3n) is 2.14. The first kappa shape index (κ1) is 13.3. The van der Waals surface area contributed by atoms with Crippen LogP contribution >= 0.6 is 34.9 Å². The topological polar surface area (TPSA) is 25.8 Å². The van der Waals surface area contributed by atoms with Gasteiger partial charge in [-0.2, -0.15) is 0 Å². The third kappa shape index (κ3) is 4.74. The number of aromatic nitrogens is 2. The second-order valence-corrected chi connectivity index (χ2v) is 7.86. The minimum Gasteiger partial charge on any atom is -0.131 e. The highest BCUT2D eigenvalue weighted by molar-refractivity contribution is 8.03.